The molecule has 0 aromatic carbocycles. The molecule has 96 valence electrons. The van der Waals surface area contributed by atoms with Gasteiger partial charge in [-0.15, -0.1) is 0 Å². The average Bonchev–Trinajstić information content (AvgIpc) is 2.44. The number of carboxylic acid groups (broad SMARTS) is 1. The topological polar surface area (TPSA) is 95.5 Å². The van der Waals surface area contributed by atoms with E-state index in [-0.39, 0.29) is 24.7 Å². The molecule has 3 N–H and O–H groups in total. The molecule has 1 fully saturated rings. The number of hydrogen-bond donors (Lipinski definition) is 3. The van der Waals surface area contributed by atoms with Crippen LogP contribution in [0.5, 0.6) is 0 Å². The summed E-state index contributed by atoms with van der Waals surface area (Å²) in [7, 11) is 0. The Morgan fingerprint density at radius 2 is 2.12 bits per heavy atom. The van der Waals surface area contributed by atoms with Crippen molar-refractivity contribution in [3.8, 4) is 0 Å². The SMILES string of the molecule is O=C(O)CCCC(=O)N[C@H]1CCCCNC1=O. The van der Waals surface area contributed by atoms with Crippen molar-refractivity contribution in [3.63, 3.8) is 0 Å². The Balaban J connectivity index is 2.28. The summed E-state index contributed by atoms with van der Waals surface area (Å²) in [6.07, 6.45) is 2.91. The Morgan fingerprint density at radius 3 is 2.82 bits per heavy atom. The Morgan fingerprint density at radius 1 is 1.35 bits per heavy atom. The molecule has 6 heteroatoms. The summed E-state index contributed by atoms with van der Waals surface area (Å²) in [4.78, 5) is 33.3. The molecule has 1 rings (SSSR count). The van der Waals surface area contributed by atoms with Crippen LogP contribution in [0, 0.1) is 0 Å². The van der Waals surface area contributed by atoms with Gasteiger partial charge in [0.25, 0.3) is 0 Å². The van der Waals surface area contributed by atoms with Gasteiger partial charge in [0.1, 0.15) is 6.04 Å². The summed E-state index contributed by atoms with van der Waals surface area (Å²) in [6.45, 7) is 0.657. The number of carbonyl (C=O) groups is 3. The van der Waals surface area contributed by atoms with E-state index in [2.05, 4.69) is 10.6 Å². The molecule has 6 nitrogen and oxygen atoms in total. The lowest BCUT2D eigenvalue weighted by Crippen LogP contribution is -2.45. The van der Waals surface area contributed by atoms with Crippen molar-refractivity contribution in [2.45, 2.75) is 44.6 Å². The zero-order chi connectivity index (χ0) is 12.7. The third kappa shape index (κ3) is 5.33. The standard InChI is InChI=1S/C11H18N2O4/c14-9(5-3-6-10(15)16)13-8-4-1-2-7-12-11(8)17/h8H,1-7H2,(H,12,17)(H,13,14)(H,15,16)/t8-/m0/s1. The second-order valence-electron chi connectivity index (χ2n) is 4.15. The summed E-state index contributed by atoms with van der Waals surface area (Å²) < 4.78 is 0. The summed E-state index contributed by atoms with van der Waals surface area (Å²) >= 11 is 0. The Bertz CT molecular complexity index is 304. The van der Waals surface area contributed by atoms with E-state index in [1.54, 1.807) is 0 Å². The van der Waals surface area contributed by atoms with Crippen molar-refractivity contribution in [3.05, 3.63) is 0 Å². The van der Waals surface area contributed by atoms with Crippen LogP contribution in [-0.4, -0.2) is 35.5 Å². The van der Waals surface area contributed by atoms with Gasteiger partial charge in [0, 0.05) is 19.4 Å². The lowest BCUT2D eigenvalue weighted by atomic mass is 10.1. The third-order valence-electron chi connectivity index (χ3n) is 2.66. The molecule has 0 radical (unpaired) electrons. The minimum atomic E-state index is -0.912. The molecule has 1 atom stereocenters. The summed E-state index contributed by atoms with van der Waals surface area (Å²) in [5, 5.41) is 13.8. The largest absolute Gasteiger partial charge is 0.481 e. The molecule has 0 saturated carbocycles. The number of aliphatic carboxylic acids is 1. The molecule has 17 heavy (non-hydrogen) atoms. The maximum Gasteiger partial charge on any atom is 0.303 e. The first-order chi connectivity index (χ1) is 8.09. The normalized spacial score (nSPS) is 20.2. The fourth-order valence-electron chi connectivity index (χ4n) is 1.74. The van der Waals surface area contributed by atoms with E-state index in [4.69, 9.17) is 5.11 Å². The van der Waals surface area contributed by atoms with Crippen molar-refractivity contribution in [1.82, 2.24) is 10.6 Å². The van der Waals surface area contributed by atoms with E-state index in [1.807, 2.05) is 0 Å². The van der Waals surface area contributed by atoms with Crippen LogP contribution in [0.1, 0.15) is 38.5 Å². The van der Waals surface area contributed by atoms with Gasteiger partial charge in [-0.1, -0.05) is 0 Å². The smallest absolute Gasteiger partial charge is 0.303 e. The molecule has 0 bridgehead atoms. The molecule has 1 saturated heterocycles. The molecule has 0 aromatic rings. The minimum Gasteiger partial charge on any atom is -0.481 e. The molecule has 0 aliphatic carbocycles. The average molecular weight is 242 g/mol. The summed E-state index contributed by atoms with van der Waals surface area (Å²) in [5.74, 6) is -1.31. The first-order valence-corrected chi connectivity index (χ1v) is 5.88. The van der Waals surface area contributed by atoms with Crippen LogP contribution in [0.2, 0.25) is 0 Å². The van der Waals surface area contributed by atoms with Crippen LogP contribution < -0.4 is 10.6 Å². The highest BCUT2D eigenvalue weighted by molar-refractivity contribution is 5.87. The lowest BCUT2D eigenvalue weighted by molar-refractivity contribution is -0.137. The van der Waals surface area contributed by atoms with E-state index in [9.17, 15) is 14.4 Å². The van der Waals surface area contributed by atoms with Crippen molar-refractivity contribution in [2.75, 3.05) is 6.54 Å². The van der Waals surface area contributed by atoms with Gasteiger partial charge in [0.2, 0.25) is 11.8 Å². The number of nitrogens with one attached hydrogen (secondary N) is 2. The van der Waals surface area contributed by atoms with E-state index in [1.165, 1.54) is 0 Å². The van der Waals surface area contributed by atoms with Crippen LogP contribution in [0.15, 0.2) is 0 Å². The summed E-state index contributed by atoms with van der Waals surface area (Å²) in [5.41, 5.74) is 0. The van der Waals surface area contributed by atoms with Crippen molar-refractivity contribution >= 4 is 17.8 Å². The second kappa shape index (κ2) is 6.88. The Labute approximate surface area is 99.8 Å². The predicted molar refractivity (Wildman–Crippen MR) is 60.3 cm³/mol. The fraction of sp³-hybridized carbons (Fsp3) is 0.727. The van der Waals surface area contributed by atoms with Crippen LogP contribution in [0.25, 0.3) is 0 Å². The maximum atomic E-state index is 11.5. The summed E-state index contributed by atoms with van der Waals surface area (Å²) in [6, 6.07) is -0.463. The molecule has 1 heterocycles. The van der Waals surface area contributed by atoms with Gasteiger partial charge in [0.15, 0.2) is 0 Å². The molecule has 0 spiro atoms. The molecule has 1 aliphatic rings. The number of carboxylic acids is 1. The predicted octanol–water partition coefficient (Wildman–Crippen LogP) is 0.0262. The van der Waals surface area contributed by atoms with E-state index in [0.717, 1.165) is 12.8 Å². The van der Waals surface area contributed by atoms with Gasteiger partial charge in [-0.25, -0.2) is 0 Å². The van der Waals surface area contributed by atoms with Gasteiger partial charge >= 0.3 is 5.97 Å². The maximum absolute atomic E-state index is 11.5. The quantitative estimate of drug-likeness (QED) is 0.633. The number of amides is 2. The molecule has 2 amide bonds. The fourth-order valence-corrected chi connectivity index (χ4v) is 1.74. The molecular weight excluding hydrogens is 224 g/mol. The Hall–Kier alpha value is -1.59. The first-order valence-electron chi connectivity index (χ1n) is 5.88. The number of hydrogen-bond acceptors (Lipinski definition) is 3. The molecule has 0 aromatic heterocycles. The molecule has 1 aliphatic heterocycles. The highest BCUT2D eigenvalue weighted by Gasteiger charge is 2.21. The van der Waals surface area contributed by atoms with Crippen molar-refractivity contribution in [1.29, 1.82) is 0 Å². The van der Waals surface area contributed by atoms with Crippen LogP contribution in [0.4, 0.5) is 0 Å². The van der Waals surface area contributed by atoms with Gasteiger partial charge in [-0.05, 0) is 25.7 Å². The monoisotopic (exact) mass is 242 g/mol. The second-order valence-corrected chi connectivity index (χ2v) is 4.15. The van der Waals surface area contributed by atoms with E-state index < -0.39 is 12.0 Å². The molecular formula is C11H18N2O4. The van der Waals surface area contributed by atoms with Gasteiger partial charge in [0.05, 0.1) is 0 Å². The van der Waals surface area contributed by atoms with E-state index >= 15 is 0 Å². The van der Waals surface area contributed by atoms with Gasteiger partial charge in [-0.2, -0.15) is 0 Å². The van der Waals surface area contributed by atoms with Gasteiger partial charge < -0.3 is 15.7 Å². The number of carbonyl (C=O) groups excluding carboxylic acids is 2. The van der Waals surface area contributed by atoms with E-state index in [0.29, 0.717) is 19.4 Å². The number of rotatable bonds is 5. The highest BCUT2D eigenvalue weighted by atomic mass is 16.4. The minimum absolute atomic E-state index is 0.0235. The zero-order valence-corrected chi connectivity index (χ0v) is 9.70. The van der Waals surface area contributed by atoms with Gasteiger partial charge in [-0.3, -0.25) is 14.4 Å². The molecule has 0 unspecified atom stereocenters. The van der Waals surface area contributed by atoms with Crippen LogP contribution in [0.3, 0.4) is 0 Å². The van der Waals surface area contributed by atoms with Crippen LogP contribution in [-0.2, 0) is 14.4 Å². The first kappa shape index (κ1) is 13.5. The highest BCUT2D eigenvalue weighted by Crippen LogP contribution is 2.06. The third-order valence-corrected chi connectivity index (χ3v) is 2.66. The van der Waals surface area contributed by atoms with Crippen molar-refractivity contribution < 1.29 is 19.5 Å². The van der Waals surface area contributed by atoms with Crippen LogP contribution >= 0.6 is 0 Å². The van der Waals surface area contributed by atoms with Crippen molar-refractivity contribution in [2.24, 2.45) is 0 Å². The Kier molecular flexibility index (Phi) is 5.45. The zero-order valence-electron chi connectivity index (χ0n) is 9.70. The lowest BCUT2D eigenvalue weighted by Gasteiger charge is -2.14.